The summed E-state index contributed by atoms with van der Waals surface area (Å²) in [6.45, 7) is 8.32. The Morgan fingerprint density at radius 2 is 0.735 bits per heavy atom. The van der Waals surface area contributed by atoms with E-state index in [-0.39, 0.29) is 24.6 Å². The molecule has 1 saturated heterocycles. The Kier molecular flexibility index (Phi) is 17.5. The summed E-state index contributed by atoms with van der Waals surface area (Å²) >= 11 is 0. The molecule has 0 aliphatic carbocycles. The zero-order valence-electron chi connectivity index (χ0n) is 28.1. The molecule has 0 atom stereocenters. The highest BCUT2D eigenvalue weighted by Crippen LogP contribution is 2.26. The lowest BCUT2D eigenvalue weighted by Gasteiger charge is -2.32. The van der Waals surface area contributed by atoms with Gasteiger partial charge >= 0.3 is 0 Å². The second kappa shape index (κ2) is 22.6. The number of ether oxygens (including phenoxy) is 4. The number of halogens is 1. The second-order valence-corrected chi connectivity index (χ2v) is 11.5. The Balaban J connectivity index is 0.00000541. The first-order valence-corrected chi connectivity index (χ1v) is 16.8. The number of hydrogen-bond acceptors (Lipinski definition) is 6. The molecule has 49 heavy (non-hydrogen) atoms. The summed E-state index contributed by atoms with van der Waals surface area (Å²) in [5.41, 5.74) is 4.55. The maximum atomic E-state index is 6.21. The highest BCUT2D eigenvalue weighted by Gasteiger charge is 2.16. The summed E-state index contributed by atoms with van der Waals surface area (Å²) in [5.74, 6) is 12.8. The highest BCUT2D eigenvalue weighted by atomic mass is 35.5. The van der Waals surface area contributed by atoms with E-state index in [1.165, 1.54) is 0 Å². The third kappa shape index (κ3) is 13.5. The van der Waals surface area contributed by atoms with Crippen LogP contribution in [-0.4, -0.2) is 88.7 Å². The Labute approximate surface area is 298 Å². The molecule has 0 aromatic heterocycles. The summed E-state index contributed by atoms with van der Waals surface area (Å²) in [5, 5.41) is 0. The zero-order chi connectivity index (χ0) is 32.9. The first-order valence-electron chi connectivity index (χ1n) is 16.8. The molecule has 0 unspecified atom stereocenters. The van der Waals surface area contributed by atoms with Gasteiger partial charge in [0.05, 0.1) is 39.5 Å². The van der Waals surface area contributed by atoms with Crippen LogP contribution in [0.25, 0.3) is 0 Å². The number of rotatable bonds is 16. The van der Waals surface area contributed by atoms with Crippen LogP contribution in [0.5, 0.6) is 0 Å². The lowest BCUT2D eigenvalue weighted by molar-refractivity contribution is 0.0283. The van der Waals surface area contributed by atoms with Crippen LogP contribution in [0.3, 0.4) is 0 Å². The van der Waals surface area contributed by atoms with E-state index in [0.29, 0.717) is 39.6 Å². The Hall–Kier alpha value is -3.95. The predicted molar refractivity (Wildman–Crippen MR) is 199 cm³/mol. The average molecular weight is 679 g/mol. The summed E-state index contributed by atoms with van der Waals surface area (Å²) in [6.07, 6.45) is -0.214. The second-order valence-electron chi connectivity index (χ2n) is 11.5. The van der Waals surface area contributed by atoms with Crippen LogP contribution in [0.2, 0.25) is 0 Å². The van der Waals surface area contributed by atoms with Crippen LogP contribution in [-0.2, 0) is 18.9 Å². The van der Waals surface area contributed by atoms with Crippen molar-refractivity contribution in [3.05, 3.63) is 144 Å². The minimum Gasteiger partial charge on any atom is -0.366 e. The number of benzene rings is 4. The van der Waals surface area contributed by atoms with Crippen molar-refractivity contribution < 1.29 is 18.9 Å². The number of nitrogens with zero attached hydrogens (tertiary/aromatic N) is 2. The molecule has 4 aromatic rings. The van der Waals surface area contributed by atoms with Crippen LogP contribution in [0.4, 0.5) is 0 Å². The normalized spacial score (nSPS) is 13.3. The van der Waals surface area contributed by atoms with Crippen LogP contribution >= 0.6 is 12.4 Å². The summed E-state index contributed by atoms with van der Waals surface area (Å²) in [7, 11) is 0. The molecule has 1 heterocycles. The summed E-state index contributed by atoms with van der Waals surface area (Å²) < 4.78 is 23.9. The average Bonchev–Trinajstić information content (AvgIpc) is 3.15. The van der Waals surface area contributed by atoms with Crippen molar-refractivity contribution >= 4 is 12.4 Å². The Bertz CT molecular complexity index is 1360. The van der Waals surface area contributed by atoms with E-state index in [0.717, 1.165) is 61.5 Å². The fourth-order valence-electron chi connectivity index (χ4n) is 5.52. The van der Waals surface area contributed by atoms with Gasteiger partial charge < -0.3 is 18.9 Å². The molecule has 0 N–H and O–H groups in total. The van der Waals surface area contributed by atoms with E-state index < -0.39 is 0 Å². The van der Waals surface area contributed by atoms with Crippen molar-refractivity contribution in [3.63, 3.8) is 0 Å². The predicted octanol–water partition coefficient (Wildman–Crippen LogP) is 6.68. The molecule has 7 heteroatoms. The van der Waals surface area contributed by atoms with Crippen molar-refractivity contribution in [2.45, 2.75) is 12.2 Å². The van der Waals surface area contributed by atoms with E-state index in [1.54, 1.807) is 0 Å². The molecule has 0 bridgehead atoms. The fraction of sp³-hybridized carbons (Fsp3) is 0.333. The van der Waals surface area contributed by atoms with Gasteiger partial charge in [0.25, 0.3) is 0 Å². The molecule has 0 radical (unpaired) electrons. The van der Waals surface area contributed by atoms with Gasteiger partial charge in [0.2, 0.25) is 0 Å². The van der Waals surface area contributed by atoms with Gasteiger partial charge in [-0.25, -0.2) is 0 Å². The number of piperazine rings is 1. The first-order chi connectivity index (χ1) is 23.9. The molecule has 256 valence electrons. The third-order valence-corrected chi connectivity index (χ3v) is 8.10. The van der Waals surface area contributed by atoms with Crippen LogP contribution < -0.4 is 0 Å². The van der Waals surface area contributed by atoms with E-state index >= 15 is 0 Å². The maximum Gasteiger partial charge on any atom is 0.108 e. The zero-order valence-corrected chi connectivity index (χ0v) is 28.9. The SMILES string of the molecule is C(#CCN1CCN(CC#CCOCCOC(c2ccccc2)c2ccccc2)CC1)COCCOC(c1ccccc1)c1ccccc1.Cl. The van der Waals surface area contributed by atoms with E-state index in [2.05, 4.69) is 82.0 Å². The first kappa shape index (κ1) is 37.9. The lowest BCUT2D eigenvalue weighted by atomic mass is 10.0. The van der Waals surface area contributed by atoms with Gasteiger partial charge in [-0.1, -0.05) is 145 Å². The molecule has 1 fully saturated rings. The van der Waals surface area contributed by atoms with Gasteiger partial charge in [-0.3, -0.25) is 9.80 Å². The van der Waals surface area contributed by atoms with E-state index in [9.17, 15) is 0 Å². The third-order valence-electron chi connectivity index (χ3n) is 8.10. The molecule has 6 nitrogen and oxygen atoms in total. The molecule has 1 aliphatic heterocycles. The van der Waals surface area contributed by atoms with Crippen LogP contribution in [0, 0.1) is 23.7 Å². The van der Waals surface area contributed by atoms with Gasteiger partial charge in [0.1, 0.15) is 25.4 Å². The fourth-order valence-corrected chi connectivity index (χ4v) is 5.52. The van der Waals surface area contributed by atoms with Gasteiger partial charge in [0.15, 0.2) is 0 Å². The maximum absolute atomic E-state index is 6.21. The minimum absolute atomic E-state index is 0. The smallest absolute Gasteiger partial charge is 0.108 e. The highest BCUT2D eigenvalue weighted by molar-refractivity contribution is 5.85. The van der Waals surface area contributed by atoms with Gasteiger partial charge in [-0.2, -0.15) is 0 Å². The number of hydrogen-bond donors (Lipinski definition) is 0. The molecule has 5 rings (SSSR count). The van der Waals surface area contributed by atoms with Crippen molar-refractivity contribution in [1.82, 2.24) is 9.80 Å². The van der Waals surface area contributed by atoms with E-state index in [4.69, 9.17) is 18.9 Å². The quantitative estimate of drug-likeness (QED) is 0.0974. The standard InChI is InChI=1S/C42H46N2O4.ClH/c1-5-17-37(18-6-1)41(38-19-7-2-8-20-38)47-35-33-45-31-15-13-25-43-27-29-44(30-28-43)26-14-16-32-46-34-36-48-42(39-21-9-3-10-22-39)40-23-11-4-12-24-40;/h1-12,17-24,41-42H,25-36H2;1H. The molecule has 1 aliphatic rings. The molecule has 0 saturated carbocycles. The molecular weight excluding hydrogens is 632 g/mol. The molecule has 0 amide bonds. The molecule has 0 spiro atoms. The van der Waals surface area contributed by atoms with Gasteiger partial charge in [-0.05, 0) is 22.3 Å². The van der Waals surface area contributed by atoms with Crippen molar-refractivity contribution in [1.29, 1.82) is 0 Å². The molecule has 4 aromatic carbocycles. The monoisotopic (exact) mass is 678 g/mol. The summed E-state index contributed by atoms with van der Waals surface area (Å²) in [6, 6.07) is 41.2. The Morgan fingerprint density at radius 3 is 1.04 bits per heavy atom. The van der Waals surface area contributed by atoms with Crippen LogP contribution in [0.1, 0.15) is 34.5 Å². The van der Waals surface area contributed by atoms with E-state index in [1.807, 2.05) is 72.8 Å². The Morgan fingerprint density at radius 1 is 0.429 bits per heavy atom. The summed E-state index contributed by atoms with van der Waals surface area (Å²) in [4.78, 5) is 4.76. The minimum atomic E-state index is -0.107. The lowest BCUT2D eigenvalue weighted by Crippen LogP contribution is -2.46. The largest absolute Gasteiger partial charge is 0.366 e. The molecular formula is C42H47ClN2O4. The van der Waals surface area contributed by atoms with Crippen molar-refractivity contribution in [3.8, 4) is 23.7 Å². The van der Waals surface area contributed by atoms with Crippen LogP contribution in [0.15, 0.2) is 121 Å². The van der Waals surface area contributed by atoms with Gasteiger partial charge in [-0.15, -0.1) is 12.4 Å². The van der Waals surface area contributed by atoms with Gasteiger partial charge in [0, 0.05) is 26.2 Å². The topological polar surface area (TPSA) is 43.4 Å². The van der Waals surface area contributed by atoms with Crippen molar-refractivity contribution in [2.24, 2.45) is 0 Å². The van der Waals surface area contributed by atoms with Crippen molar-refractivity contribution in [2.75, 3.05) is 78.9 Å².